The van der Waals surface area contributed by atoms with E-state index in [9.17, 15) is 13.2 Å². The molecule has 196 valence electrons. The number of hydrogen-bond donors (Lipinski definition) is 0. The van der Waals surface area contributed by atoms with E-state index in [2.05, 4.69) is 30.9 Å². The van der Waals surface area contributed by atoms with E-state index >= 15 is 0 Å². The summed E-state index contributed by atoms with van der Waals surface area (Å²) >= 11 is 12.4. The lowest BCUT2D eigenvalue weighted by molar-refractivity contribution is -0.131. The average molecular weight is 561 g/mol. The van der Waals surface area contributed by atoms with E-state index in [1.165, 1.54) is 39.3 Å². The van der Waals surface area contributed by atoms with Gasteiger partial charge in [0.2, 0.25) is 15.9 Å². The number of piperazine rings is 1. The predicted molar refractivity (Wildman–Crippen MR) is 150 cm³/mol. The van der Waals surface area contributed by atoms with Crippen LogP contribution in [0.2, 0.25) is 10.0 Å². The molecule has 1 heterocycles. The van der Waals surface area contributed by atoms with Crippen molar-refractivity contribution in [1.29, 1.82) is 0 Å². The number of amides is 1. The Balaban J connectivity index is 1.50. The number of anilines is 1. The van der Waals surface area contributed by atoms with Crippen LogP contribution in [0.25, 0.3) is 0 Å². The van der Waals surface area contributed by atoms with E-state index in [1.54, 1.807) is 4.90 Å². The lowest BCUT2D eigenvalue weighted by atomic mass is 10.1. The minimum Gasteiger partial charge on any atom is -0.368 e. The van der Waals surface area contributed by atoms with Crippen LogP contribution in [0.1, 0.15) is 16.7 Å². The van der Waals surface area contributed by atoms with Crippen LogP contribution in [0.3, 0.4) is 0 Å². The molecular formula is C28H31Cl2N3O3S. The van der Waals surface area contributed by atoms with Crippen LogP contribution in [-0.2, 0) is 21.2 Å². The van der Waals surface area contributed by atoms with Crippen LogP contribution in [0.15, 0.2) is 71.6 Å². The largest absolute Gasteiger partial charge is 0.368 e. The van der Waals surface area contributed by atoms with Gasteiger partial charge >= 0.3 is 0 Å². The second-order valence-electron chi connectivity index (χ2n) is 9.24. The quantitative estimate of drug-likeness (QED) is 0.381. The highest BCUT2D eigenvalue weighted by atomic mass is 35.5. The first kappa shape index (κ1) is 27.5. The Kier molecular flexibility index (Phi) is 8.80. The molecule has 0 saturated carbocycles. The molecule has 9 heteroatoms. The first-order valence-corrected chi connectivity index (χ1v) is 14.4. The van der Waals surface area contributed by atoms with Gasteiger partial charge in [0.15, 0.2) is 0 Å². The molecule has 0 unspecified atom stereocenters. The van der Waals surface area contributed by atoms with Crippen molar-refractivity contribution in [2.45, 2.75) is 25.2 Å². The van der Waals surface area contributed by atoms with Gasteiger partial charge in [0.1, 0.15) is 4.90 Å². The number of carbonyl (C=O) groups is 1. The molecule has 37 heavy (non-hydrogen) atoms. The topological polar surface area (TPSA) is 60.9 Å². The Morgan fingerprint density at radius 1 is 0.919 bits per heavy atom. The Morgan fingerprint density at radius 3 is 2.32 bits per heavy atom. The normalized spacial score (nSPS) is 14.3. The lowest BCUT2D eigenvalue weighted by Crippen LogP contribution is -2.52. The molecule has 1 amide bonds. The van der Waals surface area contributed by atoms with Gasteiger partial charge in [-0.25, -0.2) is 8.42 Å². The van der Waals surface area contributed by atoms with Crippen molar-refractivity contribution in [3.05, 3.63) is 93.5 Å². The first-order valence-electron chi connectivity index (χ1n) is 12.2. The molecule has 3 aromatic rings. The van der Waals surface area contributed by atoms with Crippen LogP contribution in [-0.4, -0.2) is 62.8 Å². The van der Waals surface area contributed by atoms with Crippen LogP contribution in [0.5, 0.6) is 0 Å². The summed E-state index contributed by atoms with van der Waals surface area (Å²) in [6, 6.07) is 20.2. The third kappa shape index (κ3) is 6.47. The molecule has 0 N–H and O–H groups in total. The maximum atomic E-state index is 13.7. The monoisotopic (exact) mass is 559 g/mol. The molecule has 3 aromatic carbocycles. The van der Waals surface area contributed by atoms with Gasteiger partial charge in [-0.1, -0.05) is 65.7 Å². The summed E-state index contributed by atoms with van der Waals surface area (Å²) in [5, 5.41) is 0.337. The van der Waals surface area contributed by atoms with Crippen LogP contribution < -0.4 is 4.90 Å². The van der Waals surface area contributed by atoms with Crippen molar-refractivity contribution >= 4 is 44.8 Å². The molecule has 0 bridgehead atoms. The molecule has 1 aliphatic heterocycles. The van der Waals surface area contributed by atoms with Crippen molar-refractivity contribution in [3.63, 3.8) is 0 Å². The fraction of sp³-hybridized carbons (Fsp3) is 0.321. The van der Waals surface area contributed by atoms with Gasteiger partial charge in [0.05, 0.1) is 11.6 Å². The highest BCUT2D eigenvalue weighted by Gasteiger charge is 2.31. The number of hydrogen-bond acceptors (Lipinski definition) is 4. The van der Waals surface area contributed by atoms with E-state index in [1.807, 2.05) is 36.4 Å². The van der Waals surface area contributed by atoms with Crippen LogP contribution in [0.4, 0.5) is 5.69 Å². The van der Waals surface area contributed by atoms with E-state index in [4.69, 9.17) is 23.2 Å². The summed E-state index contributed by atoms with van der Waals surface area (Å²) in [6.45, 7) is 6.51. The van der Waals surface area contributed by atoms with Gasteiger partial charge in [-0.3, -0.25) is 4.79 Å². The summed E-state index contributed by atoms with van der Waals surface area (Å²) in [7, 11) is -4.06. The maximum Gasteiger partial charge on any atom is 0.245 e. The molecule has 1 fully saturated rings. The number of carbonyl (C=O) groups excluding carboxylic acids is 1. The number of sulfonamides is 1. The highest BCUT2D eigenvalue weighted by molar-refractivity contribution is 7.89. The smallest absolute Gasteiger partial charge is 0.245 e. The van der Waals surface area contributed by atoms with Gasteiger partial charge in [-0.2, -0.15) is 4.31 Å². The predicted octanol–water partition coefficient (Wildman–Crippen LogP) is 5.19. The molecule has 0 atom stereocenters. The second-order valence-corrected chi connectivity index (χ2v) is 12.0. The van der Waals surface area contributed by atoms with E-state index in [-0.39, 0.29) is 33.9 Å². The van der Waals surface area contributed by atoms with Crippen molar-refractivity contribution in [1.82, 2.24) is 9.21 Å². The highest BCUT2D eigenvalue weighted by Crippen LogP contribution is 2.28. The fourth-order valence-corrected chi connectivity index (χ4v) is 6.65. The van der Waals surface area contributed by atoms with Crippen molar-refractivity contribution in [2.75, 3.05) is 44.2 Å². The number of halogens is 2. The van der Waals surface area contributed by atoms with Gasteiger partial charge in [-0.15, -0.1) is 0 Å². The molecular weight excluding hydrogens is 529 g/mol. The van der Waals surface area contributed by atoms with Crippen molar-refractivity contribution in [3.8, 4) is 0 Å². The van der Waals surface area contributed by atoms with E-state index in [0.717, 1.165) is 5.56 Å². The lowest BCUT2D eigenvalue weighted by Gasteiger charge is -2.37. The fourth-order valence-electron chi connectivity index (χ4n) is 4.52. The Labute approximate surface area is 229 Å². The average Bonchev–Trinajstić information content (AvgIpc) is 2.90. The standard InChI is InChI=1S/C28H31Cl2N3O3S/c1-21-7-6-10-26(22(21)2)31-15-17-32(18-16-31)28(34)20-33(14-13-23-8-4-3-5-9-23)37(35,36)27-19-24(29)11-12-25(27)30/h3-12,19H,13-18,20H2,1-2H3. The molecule has 1 aliphatic rings. The van der Waals surface area contributed by atoms with E-state index < -0.39 is 10.0 Å². The van der Waals surface area contributed by atoms with Crippen molar-refractivity contribution < 1.29 is 13.2 Å². The molecule has 0 radical (unpaired) electrons. The third-order valence-corrected chi connectivity index (χ3v) is 9.43. The summed E-state index contributed by atoms with van der Waals surface area (Å²) in [5.41, 5.74) is 4.62. The minimum atomic E-state index is -4.06. The summed E-state index contributed by atoms with van der Waals surface area (Å²) in [5.74, 6) is -0.226. The number of benzene rings is 3. The van der Waals surface area contributed by atoms with Gasteiger partial charge in [-0.05, 0) is 61.2 Å². The van der Waals surface area contributed by atoms with Gasteiger partial charge in [0.25, 0.3) is 0 Å². The van der Waals surface area contributed by atoms with Gasteiger partial charge in [0, 0.05) is 43.4 Å². The van der Waals surface area contributed by atoms with E-state index in [0.29, 0.717) is 32.6 Å². The molecule has 0 aromatic heterocycles. The Hall–Kier alpha value is -2.58. The molecule has 0 aliphatic carbocycles. The zero-order valence-corrected chi connectivity index (χ0v) is 23.4. The first-order chi connectivity index (χ1) is 17.7. The molecule has 4 rings (SSSR count). The zero-order valence-electron chi connectivity index (χ0n) is 21.0. The number of rotatable bonds is 8. The SMILES string of the molecule is Cc1cccc(N2CCN(C(=O)CN(CCc3ccccc3)S(=O)(=O)c3cc(Cl)ccc3Cl)CC2)c1C. The van der Waals surface area contributed by atoms with Crippen molar-refractivity contribution in [2.24, 2.45) is 0 Å². The number of nitrogens with zero attached hydrogens (tertiary/aromatic N) is 3. The second kappa shape index (κ2) is 11.9. The Morgan fingerprint density at radius 2 is 1.62 bits per heavy atom. The third-order valence-electron chi connectivity index (χ3n) is 6.86. The summed E-state index contributed by atoms with van der Waals surface area (Å²) in [6.07, 6.45) is 0.464. The van der Waals surface area contributed by atoms with Gasteiger partial charge < -0.3 is 9.80 Å². The molecule has 6 nitrogen and oxygen atoms in total. The summed E-state index contributed by atoms with van der Waals surface area (Å²) in [4.78, 5) is 17.3. The Bertz CT molecular complexity index is 1360. The summed E-state index contributed by atoms with van der Waals surface area (Å²) < 4.78 is 28.5. The zero-order chi connectivity index (χ0) is 26.6. The van der Waals surface area contributed by atoms with Crippen LogP contribution >= 0.6 is 23.2 Å². The minimum absolute atomic E-state index is 0.0729. The molecule has 1 saturated heterocycles. The number of aryl methyl sites for hydroxylation is 1. The van der Waals surface area contributed by atoms with Crippen LogP contribution in [0, 0.1) is 13.8 Å². The maximum absolute atomic E-state index is 13.7. The molecule has 0 spiro atoms.